The van der Waals surface area contributed by atoms with Crippen LogP contribution in [0.15, 0.2) is 67.0 Å². The average Bonchev–Trinajstić information content (AvgIpc) is 3.31. The molecule has 0 fully saturated rings. The molecule has 348 valence electrons. The van der Waals surface area contributed by atoms with Gasteiger partial charge >= 0.3 is 0 Å². The third kappa shape index (κ3) is 7.80. The second-order valence-electron chi connectivity index (χ2n) is 14.1. The molecular formula is C43H16BF20NO2. The van der Waals surface area contributed by atoms with Gasteiger partial charge in [-0.15, -0.1) is 21.9 Å². The Morgan fingerprint density at radius 2 is 0.642 bits per heavy atom. The molecule has 1 aromatic heterocycles. The Morgan fingerprint density at radius 1 is 0.373 bits per heavy atom. The Kier molecular flexibility index (Phi) is 13.4. The van der Waals surface area contributed by atoms with E-state index < -0.39 is 144 Å². The van der Waals surface area contributed by atoms with Crippen LogP contribution >= 0.6 is 0 Å². The number of aromatic nitrogens is 1. The molecule has 0 unspecified atom stereocenters. The summed E-state index contributed by atoms with van der Waals surface area (Å²) in [6.07, 6.45) is -3.38. The summed E-state index contributed by atoms with van der Waals surface area (Å²) in [6.45, 7) is 1.70. The molecule has 0 aliphatic carbocycles. The first-order chi connectivity index (χ1) is 31.3. The van der Waals surface area contributed by atoms with Crippen molar-refractivity contribution >= 4 is 50.3 Å². The van der Waals surface area contributed by atoms with Crippen molar-refractivity contribution in [3.05, 3.63) is 194 Å². The predicted octanol–water partition coefficient (Wildman–Crippen LogP) is 9.06. The zero-order valence-corrected chi connectivity index (χ0v) is 32.5. The third-order valence-electron chi connectivity index (χ3n) is 10.4. The van der Waals surface area contributed by atoms with E-state index in [1.165, 1.54) is 6.92 Å². The highest BCUT2D eigenvalue weighted by atomic mass is 19.2. The summed E-state index contributed by atoms with van der Waals surface area (Å²) in [5, 5.41) is 2.22. The molecule has 0 N–H and O–H groups in total. The molecule has 7 aromatic rings. The molecule has 24 heteroatoms. The van der Waals surface area contributed by atoms with Gasteiger partial charge in [0.05, 0.1) is 0 Å². The van der Waals surface area contributed by atoms with E-state index in [2.05, 4.69) is 0 Å². The molecular weight excluding hydrogens is 953 g/mol. The molecule has 0 bridgehead atoms. The number of fused-ring (bicyclic) bond motifs is 1. The van der Waals surface area contributed by atoms with Crippen LogP contribution in [0.3, 0.4) is 0 Å². The van der Waals surface area contributed by atoms with E-state index >= 15 is 35.1 Å². The van der Waals surface area contributed by atoms with Crippen molar-refractivity contribution in [2.45, 2.75) is 13.5 Å². The number of carbonyl (C=O) groups excluding carboxylic acids is 2. The first kappa shape index (κ1) is 49.2. The summed E-state index contributed by atoms with van der Waals surface area (Å²) in [5.41, 5.74) is -13.4. The van der Waals surface area contributed by atoms with Crippen LogP contribution in [0.5, 0.6) is 0 Å². The fraction of sp³-hybridized carbons (Fsp3) is 0.0465. The lowest BCUT2D eigenvalue weighted by Crippen LogP contribution is -2.81. The Balaban J connectivity index is 0.000000279. The number of halogens is 20. The number of benzene rings is 6. The lowest BCUT2D eigenvalue weighted by Gasteiger charge is -2.44. The van der Waals surface area contributed by atoms with Gasteiger partial charge < -0.3 is 0 Å². The Labute approximate surface area is 360 Å². The maximum atomic E-state index is 15.4. The normalized spacial score (nSPS) is 11.5. The quantitative estimate of drug-likeness (QED) is 0.0381. The fourth-order valence-electron chi connectivity index (χ4n) is 7.43. The van der Waals surface area contributed by atoms with E-state index in [0.717, 1.165) is 10.8 Å². The molecule has 1 heterocycles. The number of nitrogens with zero attached hydrogens (tertiary/aromatic N) is 1. The molecule has 67 heavy (non-hydrogen) atoms. The minimum Gasteiger partial charge on any atom is -0.294 e. The number of pyridine rings is 1. The highest BCUT2D eigenvalue weighted by Crippen LogP contribution is 2.31. The molecule has 7 rings (SSSR count). The molecule has 0 aliphatic heterocycles. The van der Waals surface area contributed by atoms with Crippen LogP contribution in [0.1, 0.15) is 27.6 Å². The van der Waals surface area contributed by atoms with Gasteiger partial charge in [0.15, 0.2) is 88.0 Å². The van der Waals surface area contributed by atoms with E-state index in [-0.39, 0.29) is 18.1 Å². The maximum absolute atomic E-state index is 15.4. The molecule has 0 spiro atoms. The van der Waals surface area contributed by atoms with Crippen LogP contribution in [0.2, 0.25) is 0 Å². The van der Waals surface area contributed by atoms with Crippen molar-refractivity contribution in [3.8, 4) is 0 Å². The molecule has 0 radical (unpaired) electrons. The van der Waals surface area contributed by atoms with Crippen molar-refractivity contribution in [2.75, 3.05) is 0 Å². The molecule has 3 nitrogen and oxygen atoms in total. The molecule has 0 atom stereocenters. The zero-order valence-electron chi connectivity index (χ0n) is 32.5. The van der Waals surface area contributed by atoms with Gasteiger partial charge in [-0.05, 0) is 18.4 Å². The van der Waals surface area contributed by atoms with Crippen molar-refractivity contribution in [2.24, 2.45) is 0 Å². The van der Waals surface area contributed by atoms with Crippen LogP contribution in [-0.4, -0.2) is 17.7 Å². The zero-order chi connectivity index (χ0) is 49.9. The van der Waals surface area contributed by atoms with Gasteiger partial charge in [0.1, 0.15) is 52.7 Å². The standard InChI is InChI=1S/C24BF20.C19H16NO2/c26-5-1(6(27)14(35)21(42)13(5)34)25(2-7(28)15(36)22(43)16(37)8(2)29,3-9(30)17(38)23(44)18(39)10(3)31)4-11(32)19(40)24(45)20(41)12(4)33;1-14(21)17-8-4-5-9-18(17)19(22)13-20-11-10-15-6-2-3-7-16(15)12-20/h;2-12H,13H2,1H3/q-1;+1. The van der Waals surface area contributed by atoms with Crippen LogP contribution in [0.4, 0.5) is 87.8 Å². The van der Waals surface area contributed by atoms with Crippen LogP contribution < -0.4 is 26.4 Å². The number of ketones is 2. The Morgan fingerprint density at radius 3 is 0.955 bits per heavy atom. The smallest absolute Gasteiger partial charge is 0.228 e. The summed E-state index contributed by atoms with van der Waals surface area (Å²) < 4.78 is 296. The molecule has 6 aromatic carbocycles. The largest absolute Gasteiger partial charge is 0.294 e. The van der Waals surface area contributed by atoms with Gasteiger partial charge in [-0.3, -0.25) is 9.59 Å². The number of rotatable bonds is 8. The van der Waals surface area contributed by atoms with Crippen LogP contribution in [0.25, 0.3) is 10.8 Å². The van der Waals surface area contributed by atoms with Crippen molar-refractivity contribution in [1.82, 2.24) is 0 Å². The van der Waals surface area contributed by atoms with E-state index in [1.54, 1.807) is 24.3 Å². The maximum Gasteiger partial charge on any atom is 0.228 e. The molecule has 0 amide bonds. The summed E-state index contributed by atoms with van der Waals surface area (Å²) in [6, 6.07) is 17.0. The Bertz CT molecular complexity index is 2850. The van der Waals surface area contributed by atoms with E-state index in [0.29, 0.717) is 11.1 Å². The van der Waals surface area contributed by atoms with Gasteiger partial charge in [0.25, 0.3) is 0 Å². The van der Waals surface area contributed by atoms with Gasteiger partial charge in [-0.1, -0.05) is 42.5 Å². The fourth-order valence-corrected chi connectivity index (χ4v) is 7.43. The summed E-state index contributed by atoms with van der Waals surface area (Å²) in [5.74, 6) is -71.6. The number of hydrogen-bond donors (Lipinski definition) is 0. The third-order valence-corrected chi connectivity index (χ3v) is 10.4. The summed E-state index contributed by atoms with van der Waals surface area (Å²) in [4.78, 5) is 24.1. The highest BCUT2D eigenvalue weighted by Gasteiger charge is 2.52. The lowest BCUT2D eigenvalue weighted by molar-refractivity contribution is -0.681. The second-order valence-corrected chi connectivity index (χ2v) is 14.1. The highest BCUT2D eigenvalue weighted by molar-refractivity contribution is 7.20. The van der Waals surface area contributed by atoms with E-state index in [4.69, 9.17) is 0 Å². The topological polar surface area (TPSA) is 38.0 Å². The summed E-state index contributed by atoms with van der Waals surface area (Å²) in [7, 11) is 0. The monoisotopic (exact) mass is 969 g/mol. The van der Waals surface area contributed by atoms with Gasteiger partial charge in [-0.25, -0.2) is 87.8 Å². The molecule has 0 aliphatic rings. The SMILES string of the molecule is CC(=O)c1ccccc1C(=O)C[n+]1ccc2ccccc2c1.Fc1c(F)c(F)c([B-](c2c(F)c(F)c(F)c(F)c2F)(c2c(F)c(F)c(F)c(F)c2F)c2c(F)c(F)c(F)c(F)c2F)c(F)c1F. The number of hydrogen-bond acceptors (Lipinski definition) is 2. The minimum atomic E-state index is -7.22. The first-order valence-electron chi connectivity index (χ1n) is 18.1. The van der Waals surface area contributed by atoms with Crippen molar-refractivity contribution in [3.63, 3.8) is 0 Å². The summed E-state index contributed by atoms with van der Waals surface area (Å²) >= 11 is 0. The van der Waals surface area contributed by atoms with Gasteiger partial charge in [-0.2, -0.15) is 4.57 Å². The Hall–Kier alpha value is -7.27. The minimum absolute atomic E-state index is 0.0638. The number of Topliss-reactive ketones (excluding diaryl/α,β-unsaturated/α-hetero) is 2. The van der Waals surface area contributed by atoms with Crippen LogP contribution in [0, 0.1) is 116 Å². The lowest BCUT2D eigenvalue weighted by atomic mass is 9.12. The molecule has 0 saturated heterocycles. The van der Waals surface area contributed by atoms with Crippen molar-refractivity contribution < 1.29 is 102 Å². The van der Waals surface area contributed by atoms with E-state index in [9.17, 15) is 62.3 Å². The van der Waals surface area contributed by atoms with Gasteiger partial charge in [0, 0.05) is 22.6 Å². The van der Waals surface area contributed by atoms with Crippen LogP contribution in [-0.2, 0) is 6.54 Å². The molecule has 0 saturated carbocycles. The predicted molar refractivity (Wildman–Crippen MR) is 194 cm³/mol. The average molecular weight is 969 g/mol. The first-order valence-corrected chi connectivity index (χ1v) is 18.1. The van der Waals surface area contributed by atoms with E-state index in [1.807, 2.05) is 47.3 Å². The van der Waals surface area contributed by atoms with Crippen molar-refractivity contribution in [1.29, 1.82) is 0 Å². The van der Waals surface area contributed by atoms with Gasteiger partial charge in [0.2, 0.25) is 12.3 Å². The number of carbonyl (C=O) groups is 2. The second kappa shape index (κ2) is 18.2.